The first-order valence-corrected chi connectivity index (χ1v) is 17.3. The third kappa shape index (κ3) is 6.56. The molecule has 0 aliphatic carbocycles. The van der Waals surface area contributed by atoms with Gasteiger partial charge in [-0.25, -0.2) is 13.2 Å². The molecule has 4 aliphatic rings. The van der Waals surface area contributed by atoms with Gasteiger partial charge in [-0.05, 0) is 50.8 Å². The van der Waals surface area contributed by atoms with Gasteiger partial charge in [0.15, 0.2) is 17.3 Å². The smallest absolute Gasteiger partial charge is 0.418 e. The summed E-state index contributed by atoms with van der Waals surface area (Å²) in [5.74, 6) is 2.48. The van der Waals surface area contributed by atoms with Crippen LogP contribution in [-0.2, 0) is 37.0 Å². The molecule has 1 amide bonds. The van der Waals surface area contributed by atoms with E-state index in [0.29, 0.717) is 49.9 Å². The number of aromatic nitrogens is 4. The standard InChI is InChI=1S/C36H38F6N8O3/c1-4-7-21-12-23(43)29(38)27(28(21)36(40,41)42)26-13-24-22(18-52-26)32(45-34(44-24)53-19-35-8-5-10-49(35)16-20(14-35)15-37)48-9-6-11-50-25(17-48)30(39)31(46-50)33(51)47(2)3/h12,15,26H,5-6,8-11,13-14,16-19,43H2,1-3H3/b20-15+/t26-,35-/m1/s1. The van der Waals surface area contributed by atoms with Crippen molar-refractivity contribution < 1.29 is 40.6 Å². The number of anilines is 2. The van der Waals surface area contributed by atoms with Gasteiger partial charge in [-0.2, -0.15) is 28.2 Å². The lowest BCUT2D eigenvalue weighted by Gasteiger charge is -2.33. The fourth-order valence-corrected chi connectivity index (χ4v) is 7.95. The number of nitrogen functional groups attached to an aromatic ring is 1. The van der Waals surface area contributed by atoms with Gasteiger partial charge >= 0.3 is 12.2 Å². The second kappa shape index (κ2) is 13.9. The van der Waals surface area contributed by atoms with E-state index in [4.69, 9.17) is 20.2 Å². The van der Waals surface area contributed by atoms with Gasteiger partial charge in [-0.1, -0.05) is 5.92 Å². The average Bonchev–Trinajstić information content (AvgIpc) is 3.71. The van der Waals surface area contributed by atoms with Crippen LogP contribution in [0.5, 0.6) is 6.01 Å². The van der Waals surface area contributed by atoms with Crippen LogP contribution in [0.25, 0.3) is 0 Å². The fourth-order valence-electron chi connectivity index (χ4n) is 7.95. The Morgan fingerprint density at radius 3 is 2.68 bits per heavy atom. The minimum Gasteiger partial charge on any atom is -0.461 e. The summed E-state index contributed by atoms with van der Waals surface area (Å²) in [6.45, 7) is 2.99. The van der Waals surface area contributed by atoms with Crippen LogP contribution in [0.4, 0.5) is 37.8 Å². The summed E-state index contributed by atoms with van der Waals surface area (Å²) >= 11 is 0. The predicted octanol–water partition coefficient (Wildman–Crippen LogP) is 5.32. The normalized spacial score (nSPS) is 22.2. The second-order valence-electron chi connectivity index (χ2n) is 14.0. The van der Waals surface area contributed by atoms with E-state index < -0.39 is 57.7 Å². The van der Waals surface area contributed by atoms with Gasteiger partial charge in [-0.15, -0.1) is 5.92 Å². The summed E-state index contributed by atoms with van der Waals surface area (Å²) in [7, 11) is 2.99. The topological polar surface area (TPSA) is 115 Å². The highest BCUT2D eigenvalue weighted by molar-refractivity contribution is 5.92. The summed E-state index contributed by atoms with van der Waals surface area (Å²) < 4.78 is 103. The van der Waals surface area contributed by atoms with E-state index in [2.05, 4.69) is 26.8 Å². The van der Waals surface area contributed by atoms with Gasteiger partial charge in [0, 0.05) is 56.8 Å². The molecule has 6 heterocycles. The molecule has 17 heteroatoms. The van der Waals surface area contributed by atoms with E-state index in [0.717, 1.165) is 25.5 Å². The summed E-state index contributed by atoms with van der Waals surface area (Å²) in [5.41, 5.74) is 3.45. The Hall–Kier alpha value is -4.82. The van der Waals surface area contributed by atoms with Crippen molar-refractivity contribution in [2.24, 2.45) is 0 Å². The summed E-state index contributed by atoms with van der Waals surface area (Å²) in [5, 5.41) is 4.25. The van der Waals surface area contributed by atoms with Crippen LogP contribution in [-0.4, -0.2) is 81.3 Å². The third-order valence-electron chi connectivity index (χ3n) is 10.4. The number of rotatable bonds is 6. The molecule has 2 saturated heterocycles. The van der Waals surface area contributed by atoms with Crippen molar-refractivity contribution >= 4 is 17.4 Å². The first-order chi connectivity index (χ1) is 25.2. The summed E-state index contributed by atoms with van der Waals surface area (Å²) in [6, 6.07) is 0.766. The highest BCUT2D eigenvalue weighted by Crippen LogP contribution is 2.45. The monoisotopic (exact) mass is 744 g/mol. The minimum absolute atomic E-state index is 0.0602. The zero-order valence-corrected chi connectivity index (χ0v) is 29.4. The van der Waals surface area contributed by atoms with Crippen molar-refractivity contribution in [2.75, 3.05) is 51.0 Å². The molecule has 0 bridgehead atoms. The first kappa shape index (κ1) is 36.5. The van der Waals surface area contributed by atoms with Crippen LogP contribution in [0.15, 0.2) is 18.0 Å². The molecule has 7 rings (SSSR count). The highest BCUT2D eigenvalue weighted by atomic mass is 19.4. The van der Waals surface area contributed by atoms with Crippen LogP contribution < -0.4 is 15.4 Å². The van der Waals surface area contributed by atoms with Crippen molar-refractivity contribution in [2.45, 2.75) is 76.5 Å². The molecule has 4 aliphatic heterocycles. The molecular formula is C36H38F6N8O3. The zero-order chi connectivity index (χ0) is 37.8. The minimum atomic E-state index is -5.00. The van der Waals surface area contributed by atoms with Gasteiger partial charge in [0.1, 0.15) is 12.4 Å². The maximum Gasteiger partial charge on any atom is 0.418 e. The molecule has 3 aromatic rings. The number of benzene rings is 1. The van der Waals surface area contributed by atoms with Crippen LogP contribution in [0.3, 0.4) is 0 Å². The van der Waals surface area contributed by atoms with E-state index in [1.54, 1.807) is 4.90 Å². The molecule has 282 valence electrons. The lowest BCUT2D eigenvalue weighted by molar-refractivity contribution is -0.140. The SMILES string of the molecule is CC#Cc1cc(N)c(F)c([C@H]2Cc3nc(OC[C@]45CCCN4C/C(=C/F)C5)nc(N4CCCn5nc(C(=O)N(C)C)c(F)c5C4)c3CO2)c1C(F)(F)F. The van der Waals surface area contributed by atoms with Gasteiger partial charge in [0.2, 0.25) is 0 Å². The van der Waals surface area contributed by atoms with Crippen molar-refractivity contribution in [3.63, 3.8) is 0 Å². The molecule has 2 atom stereocenters. The molecular weight excluding hydrogens is 706 g/mol. The van der Waals surface area contributed by atoms with Gasteiger partial charge < -0.3 is 25.0 Å². The van der Waals surface area contributed by atoms with Gasteiger partial charge in [-0.3, -0.25) is 14.4 Å². The molecule has 0 unspecified atom stereocenters. The van der Waals surface area contributed by atoms with Crippen molar-refractivity contribution in [1.29, 1.82) is 0 Å². The number of carbonyl (C=O) groups excluding carboxylic acids is 1. The lowest BCUT2D eigenvalue weighted by atomic mass is 9.91. The maximum absolute atomic E-state index is 15.8. The Bertz CT molecular complexity index is 2050. The number of nitrogens with zero attached hydrogens (tertiary/aromatic N) is 7. The first-order valence-electron chi connectivity index (χ1n) is 17.3. The van der Waals surface area contributed by atoms with Crippen LogP contribution in [0, 0.1) is 23.5 Å². The third-order valence-corrected chi connectivity index (χ3v) is 10.4. The Morgan fingerprint density at radius 1 is 1.17 bits per heavy atom. The summed E-state index contributed by atoms with van der Waals surface area (Å²) in [4.78, 5) is 27.2. The van der Waals surface area contributed by atoms with E-state index >= 15 is 8.78 Å². The Labute approximate surface area is 301 Å². The van der Waals surface area contributed by atoms with E-state index in [1.165, 1.54) is 30.6 Å². The van der Waals surface area contributed by atoms with Crippen molar-refractivity contribution in [1.82, 2.24) is 29.5 Å². The number of carbonyl (C=O) groups is 1. The van der Waals surface area contributed by atoms with Crippen LogP contribution >= 0.6 is 0 Å². The van der Waals surface area contributed by atoms with E-state index in [1.807, 2.05) is 0 Å². The molecule has 0 saturated carbocycles. The van der Waals surface area contributed by atoms with Crippen LogP contribution in [0.2, 0.25) is 0 Å². The lowest BCUT2D eigenvalue weighted by Crippen LogP contribution is -2.43. The number of halogens is 6. The average molecular weight is 745 g/mol. The number of aryl methyl sites for hydroxylation is 1. The predicted molar refractivity (Wildman–Crippen MR) is 180 cm³/mol. The zero-order valence-electron chi connectivity index (χ0n) is 29.4. The fraction of sp³-hybridized carbons (Fsp3) is 0.500. The molecule has 11 nitrogen and oxygen atoms in total. The largest absolute Gasteiger partial charge is 0.461 e. The van der Waals surface area contributed by atoms with Gasteiger partial charge in [0.25, 0.3) is 5.91 Å². The van der Waals surface area contributed by atoms with Crippen LogP contribution in [0.1, 0.15) is 82.8 Å². The molecule has 1 aromatic carbocycles. The second-order valence-corrected chi connectivity index (χ2v) is 14.0. The Balaban J connectivity index is 1.30. The van der Waals surface area contributed by atoms with Crippen molar-refractivity contribution in [3.8, 4) is 17.9 Å². The number of amides is 1. The highest BCUT2D eigenvalue weighted by Gasteiger charge is 2.48. The number of nitrogens with two attached hydrogens (primary N) is 1. The molecule has 0 spiro atoms. The number of hydrogen-bond donors (Lipinski definition) is 1. The quantitative estimate of drug-likeness (QED) is 0.204. The molecule has 2 aromatic heterocycles. The number of fused-ring (bicyclic) bond motifs is 3. The number of alkyl halides is 3. The van der Waals surface area contributed by atoms with Crippen molar-refractivity contribution in [3.05, 3.63) is 68.9 Å². The van der Waals surface area contributed by atoms with E-state index in [-0.39, 0.29) is 55.1 Å². The number of hydrogen-bond acceptors (Lipinski definition) is 9. The Kier molecular flexibility index (Phi) is 9.56. The Morgan fingerprint density at radius 2 is 1.96 bits per heavy atom. The maximum atomic E-state index is 15.8. The van der Waals surface area contributed by atoms with Gasteiger partial charge in [0.05, 0.1) is 53.8 Å². The molecule has 2 N–H and O–H groups in total. The molecule has 2 fully saturated rings. The number of ether oxygens (including phenoxy) is 2. The summed E-state index contributed by atoms with van der Waals surface area (Å²) in [6.07, 6.45) is -3.57. The molecule has 53 heavy (non-hydrogen) atoms. The van der Waals surface area contributed by atoms with E-state index in [9.17, 15) is 22.4 Å². The molecule has 0 radical (unpaired) electrons.